The van der Waals surface area contributed by atoms with Gasteiger partial charge < -0.3 is 0 Å². The van der Waals surface area contributed by atoms with Gasteiger partial charge in [0.15, 0.2) is 0 Å². The molecule has 2 aromatic rings. The van der Waals surface area contributed by atoms with Crippen LogP contribution in [0.25, 0.3) is 6.08 Å². The topological polar surface area (TPSA) is 84.6 Å². The van der Waals surface area contributed by atoms with E-state index < -0.39 is 10.8 Å². The second-order valence-corrected chi connectivity index (χ2v) is 5.36. The summed E-state index contributed by atoms with van der Waals surface area (Å²) in [5.41, 5.74) is 3.56. The first-order valence-electron chi connectivity index (χ1n) is 6.56. The van der Waals surface area contributed by atoms with Crippen LogP contribution in [-0.2, 0) is 0 Å². The maximum atomic E-state index is 11.8. The zero-order valence-electron chi connectivity index (χ0n) is 11.8. The third kappa shape index (κ3) is 5.15. The Kier molecular flexibility index (Phi) is 5.76. The van der Waals surface area contributed by atoms with Crippen LogP contribution in [0.4, 0.5) is 5.69 Å². The third-order valence-corrected chi connectivity index (χ3v) is 3.23. The fraction of sp³-hybridized carbons (Fsp3) is 0. The first kappa shape index (κ1) is 16.6. The van der Waals surface area contributed by atoms with E-state index in [4.69, 9.17) is 0 Å². The van der Waals surface area contributed by atoms with Crippen molar-refractivity contribution in [3.63, 3.8) is 0 Å². The molecule has 0 aliphatic carbocycles. The highest BCUT2D eigenvalue weighted by Gasteiger charge is 2.08. The van der Waals surface area contributed by atoms with Gasteiger partial charge in [0.05, 0.1) is 11.1 Å². The molecule has 0 heterocycles. The number of non-ortho nitro benzene ring substituents is 1. The highest BCUT2D eigenvalue weighted by atomic mass is 79.9. The quantitative estimate of drug-likeness (QED) is 0.492. The Bertz CT molecular complexity index is 756. The summed E-state index contributed by atoms with van der Waals surface area (Å²) < 4.78 is 0.688. The van der Waals surface area contributed by atoms with Gasteiger partial charge in [0.2, 0.25) is 0 Å². The summed E-state index contributed by atoms with van der Waals surface area (Å²) in [6.45, 7) is 0. The van der Waals surface area contributed by atoms with Crippen molar-refractivity contribution in [1.82, 2.24) is 5.43 Å². The number of rotatable bonds is 5. The minimum atomic E-state index is -0.522. The van der Waals surface area contributed by atoms with Gasteiger partial charge >= 0.3 is 0 Å². The standard InChI is InChI=1S/C16H12BrN3O3/c17-14(10-12-4-2-1-3-5-12)11-18-19-16(21)13-6-8-15(9-7-13)20(22)23/h1-11H,(H,19,21)/b14-10+,18-11?. The summed E-state index contributed by atoms with van der Waals surface area (Å²) in [6, 6.07) is 14.9. The molecule has 2 aromatic carbocycles. The lowest BCUT2D eigenvalue weighted by Crippen LogP contribution is -2.17. The Morgan fingerprint density at radius 3 is 2.39 bits per heavy atom. The Labute approximate surface area is 140 Å². The summed E-state index contributed by atoms with van der Waals surface area (Å²) in [4.78, 5) is 21.9. The van der Waals surface area contributed by atoms with Crippen LogP contribution >= 0.6 is 15.9 Å². The summed E-state index contributed by atoms with van der Waals surface area (Å²) >= 11 is 3.33. The van der Waals surface area contributed by atoms with Gasteiger partial charge in [0, 0.05) is 22.2 Å². The van der Waals surface area contributed by atoms with E-state index in [2.05, 4.69) is 26.5 Å². The highest BCUT2D eigenvalue weighted by Crippen LogP contribution is 2.12. The van der Waals surface area contributed by atoms with Crippen molar-refractivity contribution in [2.24, 2.45) is 5.10 Å². The molecule has 0 aromatic heterocycles. The lowest BCUT2D eigenvalue weighted by atomic mass is 10.2. The summed E-state index contributed by atoms with van der Waals surface area (Å²) in [7, 11) is 0. The maximum Gasteiger partial charge on any atom is 0.271 e. The lowest BCUT2D eigenvalue weighted by molar-refractivity contribution is -0.384. The van der Waals surface area contributed by atoms with E-state index in [1.807, 2.05) is 36.4 Å². The second kappa shape index (κ2) is 8.00. The van der Waals surface area contributed by atoms with Crippen LogP contribution in [0.15, 0.2) is 64.2 Å². The SMILES string of the molecule is O=C(NN=C/C(Br)=C\c1ccccc1)c1ccc([N+](=O)[O-])cc1. The van der Waals surface area contributed by atoms with Crippen LogP contribution in [0.2, 0.25) is 0 Å². The molecular formula is C16H12BrN3O3. The van der Waals surface area contributed by atoms with Crippen molar-refractivity contribution in [1.29, 1.82) is 0 Å². The Balaban J connectivity index is 1.95. The monoisotopic (exact) mass is 373 g/mol. The predicted octanol–water partition coefficient (Wildman–Crippen LogP) is 3.75. The van der Waals surface area contributed by atoms with Crippen LogP contribution in [0.5, 0.6) is 0 Å². The van der Waals surface area contributed by atoms with Crippen molar-refractivity contribution in [3.05, 3.63) is 80.3 Å². The smallest absolute Gasteiger partial charge is 0.267 e. The van der Waals surface area contributed by atoms with Crippen molar-refractivity contribution < 1.29 is 9.72 Å². The van der Waals surface area contributed by atoms with Gasteiger partial charge in [-0.05, 0) is 39.7 Å². The van der Waals surface area contributed by atoms with Crippen LogP contribution < -0.4 is 5.43 Å². The van der Waals surface area contributed by atoms with E-state index in [9.17, 15) is 14.9 Å². The maximum absolute atomic E-state index is 11.8. The average molecular weight is 374 g/mol. The molecule has 0 atom stereocenters. The molecule has 2 rings (SSSR count). The van der Waals surface area contributed by atoms with Gasteiger partial charge in [-0.25, -0.2) is 5.43 Å². The van der Waals surface area contributed by atoms with Gasteiger partial charge in [0.25, 0.3) is 11.6 Å². The molecule has 0 aliphatic heterocycles. The van der Waals surface area contributed by atoms with Crippen LogP contribution in [0.3, 0.4) is 0 Å². The zero-order valence-corrected chi connectivity index (χ0v) is 13.4. The molecule has 6 nitrogen and oxygen atoms in total. The molecule has 116 valence electrons. The normalized spacial score (nSPS) is 11.4. The number of hydrogen-bond donors (Lipinski definition) is 1. The molecule has 0 saturated heterocycles. The summed E-state index contributed by atoms with van der Waals surface area (Å²) in [5.74, 6) is -0.448. The molecule has 0 saturated carbocycles. The van der Waals surface area contributed by atoms with Gasteiger partial charge in [0.1, 0.15) is 0 Å². The van der Waals surface area contributed by atoms with E-state index in [0.29, 0.717) is 4.48 Å². The minimum absolute atomic E-state index is 0.0707. The lowest BCUT2D eigenvalue weighted by Gasteiger charge is -1.99. The zero-order chi connectivity index (χ0) is 16.7. The third-order valence-electron chi connectivity index (χ3n) is 2.80. The number of nitrogens with one attached hydrogen (secondary N) is 1. The number of allylic oxidation sites excluding steroid dienone is 1. The Hall–Kier alpha value is -2.80. The second-order valence-electron chi connectivity index (χ2n) is 4.44. The van der Waals surface area contributed by atoms with Gasteiger partial charge in [-0.2, -0.15) is 5.10 Å². The molecule has 0 aliphatic rings. The van der Waals surface area contributed by atoms with Gasteiger partial charge in [-0.3, -0.25) is 14.9 Å². The number of nitrogens with zero attached hydrogens (tertiary/aromatic N) is 2. The number of carbonyl (C=O) groups is 1. The number of carbonyl (C=O) groups excluding carboxylic acids is 1. The molecule has 0 spiro atoms. The number of halogens is 1. The first-order chi connectivity index (χ1) is 11.1. The van der Waals surface area contributed by atoms with E-state index >= 15 is 0 Å². The van der Waals surface area contributed by atoms with Crippen molar-refractivity contribution in [3.8, 4) is 0 Å². The van der Waals surface area contributed by atoms with E-state index in [1.54, 1.807) is 0 Å². The van der Waals surface area contributed by atoms with Gasteiger partial charge in [-0.15, -0.1) is 0 Å². The van der Waals surface area contributed by atoms with E-state index in [-0.39, 0.29) is 11.3 Å². The number of nitro benzene ring substituents is 1. The molecule has 0 fully saturated rings. The van der Waals surface area contributed by atoms with Crippen molar-refractivity contribution in [2.45, 2.75) is 0 Å². The highest BCUT2D eigenvalue weighted by molar-refractivity contribution is 9.12. The number of hydrazone groups is 1. The summed E-state index contributed by atoms with van der Waals surface area (Å²) in [6.07, 6.45) is 3.30. The number of nitro groups is 1. The summed E-state index contributed by atoms with van der Waals surface area (Å²) in [5, 5.41) is 14.4. The van der Waals surface area contributed by atoms with Gasteiger partial charge in [-0.1, -0.05) is 30.3 Å². The Morgan fingerprint density at radius 1 is 1.13 bits per heavy atom. The van der Waals surface area contributed by atoms with E-state index in [0.717, 1.165) is 5.56 Å². The fourth-order valence-corrected chi connectivity index (χ4v) is 2.06. The molecular weight excluding hydrogens is 362 g/mol. The minimum Gasteiger partial charge on any atom is -0.267 e. The molecule has 1 amide bonds. The van der Waals surface area contributed by atoms with Crippen LogP contribution in [0.1, 0.15) is 15.9 Å². The molecule has 23 heavy (non-hydrogen) atoms. The number of hydrogen-bond acceptors (Lipinski definition) is 4. The molecule has 1 N–H and O–H groups in total. The first-order valence-corrected chi connectivity index (χ1v) is 7.35. The fourth-order valence-electron chi connectivity index (χ4n) is 1.70. The van der Waals surface area contributed by atoms with Crippen LogP contribution in [0, 0.1) is 10.1 Å². The van der Waals surface area contributed by atoms with Crippen LogP contribution in [-0.4, -0.2) is 17.0 Å². The molecule has 0 bridgehead atoms. The molecule has 7 heteroatoms. The molecule has 0 radical (unpaired) electrons. The van der Waals surface area contributed by atoms with Crippen molar-refractivity contribution in [2.75, 3.05) is 0 Å². The predicted molar refractivity (Wildman–Crippen MR) is 92.4 cm³/mol. The Morgan fingerprint density at radius 2 is 1.78 bits per heavy atom. The number of amides is 1. The van der Waals surface area contributed by atoms with Crippen molar-refractivity contribution >= 4 is 39.8 Å². The number of benzene rings is 2. The largest absolute Gasteiger partial charge is 0.271 e. The van der Waals surface area contributed by atoms with E-state index in [1.165, 1.54) is 30.5 Å². The molecule has 0 unspecified atom stereocenters. The average Bonchev–Trinajstić information content (AvgIpc) is 2.55.